The monoisotopic (exact) mass is 298 g/mol. The Morgan fingerprint density at radius 1 is 0.773 bits per heavy atom. The highest BCUT2D eigenvalue weighted by atomic mass is 16.7. The normalized spacial score (nSPS) is 10.3. The molecule has 0 N–H and O–H groups in total. The smallest absolute Gasteiger partial charge is 0.501 e. The van der Waals surface area contributed by atoms with E-state index < -0.39 is 7.32 Å². The SMILES string of the molecule is CCCCOB(Oc1ccc(C)cc1)Oc1ccc(C)cc1. The molecule has 0 heterocycles. The predicted molar refractivity (Wildman–Crippen MR) is 90.2 cm³/mol. The van der Waals surface area contributed by atoms with Crippen LogP contribution >= 0.6 is 0 Å². The number of hydrogen-bond acceptors (Lipinski definition) is 3. The van der Waals surface area contributed by atoms with Crippen molar-refractivity contribution < 1.29 is 14.0 Å². The Hall–Kier alpha value is -1.94. The average Bonchev–Trinajstić information content (AvgIpc) is 2.52. The molecule has 0 aliphatic rings. The van der Waals surface area contributed by atoms with Gasteiger partial charge < -0.3 is 14.0 Å². The second-order valence-electron chi connectivity index (χ2n) is 5.37. The molecule has 0 spiro atoms. The van der Waals surface area contributed by atoms with Crippen LogP contribution in [0.5, 0.6) is 11.5 Å². The van der Waals surface area contributed by atoms with E-state index in [4.69, 9.17) is 14.0 Å². The van der Waals surface area contributed by atoms with Crippen molar-refractivity contribution in [3.8, 4) is 11.5 Å². The topological polar surface area (TPSA) is 27.7 Å². The van der Waals surface area contributed by atoms with E-state index in [2.05, 4.69) is 6.92 Å². The van der Waals surface area contributed by atoms with Gasteiger partial charge in [-0.05, 0) is 44.5 Å². The lowest BCUT2D eigenvalue weighted by molar-refractivity contribution is 0.198. The van der Waals surface area contributed by atoms with Crippen LogP contribution in [0.25, 0.3) is 0 Å². The van der Waals surface area contributed by atoms with Crippen molar-refractivity contribution in [2.24, 2.45) is 0 Å². The first-order chi connectivity index (χ1) is 10.7. The van der Waals surface area contributed by atoms with Gasteiger partial charge in [-0.2, -0.15) is 0 Å². The van der Waals surface area contributed by atoms with Crippen LogP contribution in [0, 0.1) is 13.8 Å². The summed E-state index contributed by atoms with van der Waals surface area (Å²) in [5, 5.41) is 0. The molecule has 116 valence electrons. The molecule has 0 aliphatic carbocycles. The van der Waals surface area contributed by atoms with Gasteiger partial charge in [0.15, 0.2) is 0 Å². The molecule has 2 aromatic carbocycles. The summed E-state index contributed by atoms with van der Waals surface area (Å²) in [6.45, 7) is 6.82. The second-order valence-corrected chi connectivity index (χ2v) is 5.37. The fourth-order valence-corrected chi connectivity index (χ4v) is 1.87. The van der Waals surface area contributed by atoms with Crippen LogP contribution < -0.4 is 9.31 Å². The van der Waals surface area contributed by atoms with Crippen molar-refractivity contribution in [2.75, 3.05) is 6.61 Å². The Kier molecular flexibility index (Phi) is 6.35. The summed E-state index contributed by atoms with van der Waals surface area (Å²) >= 11 is 0. The molecule has 0 atom stereocenters. The zero-order valence-electron chi connectivity index (χ0n) is 13.5. The molecule has 0 fully saturated rings. The summed E-state index contributed by atoms with van der Waals surface area (Å²) in [5.74, 6) is 1.47. The number of aryl methyl sites for hydroxylation is 2. The molecule has 0 aliphatic heterocycles. The largest absolute Gasteiger partial charge is 0.788 e. The first-order valence-corrected chi connectivity index (χ1v) is 7.75. The van der Waals surface area contributed by atoms with Gasteiger partial charge in [0, 0.05) is 6.61 Å². The van der Waals surface area contributed by atoms with Gasteiger partial charge in [0.1, 0.15) is 11.5 Å². The Labute approximate surface area is 133 Å². The summed E-state index contributed by atoms with van der Waals surface area (Å²) in [4.78, 5) is 0. The zero-order chi connectivity index (χ0) is 15.8. The number of rotatable bonds is 8. The molecule has 2 aromatic rings. The first-order valence-electron chi connectivity index (χ1n) is 7.75. The third kappa shape index (κ3) is 5.45. The summed E-state index contributed by atoms with van der Waals surface area (Å²) in [7, 11) is -0.739. The first kappa shape index (κ1) is 16.4. The van der Waals surface area contributed by atoms with E-state index in [-0.39, 0.29) is 0 Å². The minimum atomic E-state index is -0.739. The van der Waals surface area contributed by atoms with E-state index >= 15 is 0 Å². The lowest BCUT2D eigenvalue weighted by Gasteiger charge is -2.16. The van der Waals surface area contributed by atoms with E-state index in [0.717, 1.165) is 24.3 Å². The molecular weight excluding hydrogens is 275 g/mol. The number of unbranched alkanes of at least 4 members (excludes halogenated alkanes) is 1. The molecule has 0 unspecified atom stereocenters. The molecule has 2 rings (SSSR count). The van der Waals surface area contributed by atoms with E-state index in [0.29, 0.717) is 6.61 Å². The molecule has 22 heavy (non-hydrogen) atoms. The molecule has 0 aromatic heterocycles. The van der Waals surface area contributed by atoms with Gasteiger partial charge in [0.25, 0.3) is 0 Å². The quantitative estimate of drug-likeness (QED) is 0.528. The van der Waals surface area contributed by atoms with Gasteiger partial charge in [-0.15, -0.1) is 0 Å². The van der Waals surface area contributed by atoms with Gasteiger partial charge in [0.05, 0.1) is 0 Å². The van der Waals surface area contributed by atoms with Crippen LogP contribution in [-0.2, 0) is 4.65 Å². The summed E-state index contributed by atoms with van der Waals surface area (Å²) < 4.78 is 17.3. The number of benzene rings is 2. The Balaban J connectivity index is 2.01. The van der Waals surface area contributed by atoms with Crippen molar-refractivity contribution >= 4 is 7.32 Å². The third-order valence-corrected chi connectivity index (χ3v) is 3.26. The minimum Gasteiger partial charge on any atom is -0.501 e. The van der Waals surface area contributed by atoms with E-state index in [1.165, 1.54) is 11.1 Å². The molecule has 0 saturated carbocycles. The summed E-state index contributed by atoms with van der Waals surface area (Å²) in [5.41, 5.74) is 2.38. The Morgan fingerprint density at radius 3 is 1.64 bits per heavy atom. The average molecular weight is 298 g/mol. The molecule has 0 saturated heterocycles. The molecule has 0 bridgehead atoms. The van der Waals surface area contributed by atoms with Crippen LogP contribution in [0.15, 0.2) is 48.5 Å². The van der Waals surface area contributed by atoms with Crippen LogP contribution in [-0.4, -0.2) is 13.9 Å². The maximum atomic E-state index is 5.81. The van der Waals surface area contributed by atoms with Crippen LogP contribution in [0.4, 0.5) is 0 Å². The van der Waals surface area contributed by atoms with E-state index in [9.17, 15) is 0 Å². The van der Waals surface area contributed by atoms with Gasteiger partial charge in [0.2, 0.25) is 0 Å². The highest BCUT2D eigenvalue weighted by Crippen LogP contribution is 2.17. The van der Waals surface area contributed by atoms with Gasteiger partial charge >= 0.3 is 7.32 Å². The van der Waals surface area contributed by atoms with E-state index in [1.54, 1.807) is 0 Å². The molecule has 3 nitrogen and oxygen atoms in total. The lowest BCUT2D eigenvalue weighted by atomic mass is 10.1. The molecular formula is C18H23BO3. The molecule has 0 amide bonds. The van der Waals surface area contributed by atoms with Crippen molar-refractivity contribution in [1.82, 2.24) is 0 Å². The Bertz CT molecular complexity index is 504. The van der Waals surface area contributed by atoms with E-state index in [1.807, 2.05) is 62.4 Å². The summed E-state index contributed by atoms with van der Waals surface area (Å²) in [6, 6.07) is 15.7. The van der Waals surface area contributed by atoms with Crippen molar-refractivity contribution in [3.05, 3.63) is 59.7 Å². The van der Waals surface area contributed by atoms with Gasteiger partial charge in [-0.1, -0.05) is 48.7 Å². The van der Waals surface area contributed by atoms with Crippen molar-refractivity contribution in [3.63, 3.8) is 0 Å². The van der Waals surface area contributed by atoms with Crippen LogP contribution in [0.3, 0.4) is 0 Å². The maximum Gasteiger partial charge on any atom is 0.788 e. The van der Waals surface area contributed by atoms with Crippen LogP contribution in [0.1, 0.15) is 30.9 Å². The van der Waals surface area contributed by atoms with Crippen molar-refractivity contribution in [1.29, 1.82) is 0 Å². The van der Waals surface area contributed by atoms with Crippen molar-refractivity contribution in [2.45, 2.75) is 33.6 Å². The number of hydrogen-bond donors (Lipinski definition) is 0. The van der Waals surface area contributed by atoms with Crippen LogP contribution in [0.2, 0.25) is 0 Å². The highest BCUT2D eigenvalue weighted by Gasteiger charge is 2.26. The zero-order valence-corrected chi connectivity index (χ0v) is 13.5. The molecule has 0 radical (unpaired) electrons. The maximum absolute atomic E-state index is 5.81. The third-order valence-electron chi connectivity index (χ3n) is 3.26. The highest BCUT2D eigenvalue weighted by molar-refractivity contribution is 6.38. The Morgan fingerprint density at radius 2 is 1.23 bits per heavy atom. The fourth-order valence-electron chi connectivity index (χ4n) is 1.87. The fraction of sp³-hybridized carbons (Fsp3) is 0.333. The minimum absolute atomic E-state index is 0.610. The van der Waals surface area contributed by atoms with Gasteiger partial charge in [-0.25, -0.2) is 0 Å². The van der Waals surface area contributed by atoms with Gasteiger partial charge in [-0.3, -0.25) is 0 Å². The predicted octanol–water partition coefficient (Wildman–Crippen LogP) is 4.56. The molecule has 4 heteroatoms. The summed E-state index contributed by atoms with van der Waals surface area (Å²) in [6.07, 6.45) is 2.05. The lowest BCUT2D eigenvalue weighted by Crippen LogP contribution is -2.34. The standard InChI is InChI=1S/C18H23BO3/c1-4-5-14-20-19(21-17-10-6-15(2)7-11-17)22-18-12-8-16(3)9-13-18/h6-13H,4-5,14H2,1-3H3. The second kappa shape index (κ2) is 8.49.